The minimum Gasteiger partial charge on any atom is -0.341 e. The van der Waals surface area contributed by atoms with Gasteiger partial charge < -0.3 is 14.2 Å². The summed E-state index contributed by atoms with van der Waals surface area (Å²) in [5, 5.41) is 0. The molecule has 12 nitrogen and oxygen atoms in total. The number of ether oxygens (including phenoxy) is 3. The van der Waals surface area contributed by atoms with Gasteiger partial charge in [-0.25, -0.2) is 0 Å². The topological polar surface area (TPSA) is 158 Å². The highest BCUT2D eigenvalue weighted by molar-refractivity contribution is 7.86. The molecule has 2 aliphatic heterocycles. The maximum absolute atomic E-state index is 11.6. The van der Waals surface area contributed by atoms with Crippen LogP contribution < -0.4 is 0 Å². The van der Waals surface area contributed by atoms with Crippen LogP contribution in [0.3, 0.4) is 0 Å². The quantitative estimate of drug-likeness (QED) is 0.393. The van der Waals surface area contributed by atoms with Crippen LogP contribution in [0.2, 0.25) is 0 Å². The van der Waals surface area contributed by atoms with Crippen molar-refractivity contribution < 1.29 is 52.0 Å². The van der Waals surface area contributed by atoms with E-state index in [9.17, 15) is 25.3 Å². The van der Waals surface area contributed by atoms with Crippen LogP contribution in [0.4, 0.5) is 0 Å². The Bertz CT molecular complexity index is 859. The fourth-order valence-electron chi connectivity index (χ4n) is 2.71. The number of fused-ring (bicyclic) bond motifs is 1. The van der Waals surface area contributed by atoms with Gasteiger partial charge in [-0.2, -0.15) is 25.3 Å². The molecule has 160 valence electrons. The van der Waals surface area contributed by atoms with Gasteiger partial charge in [0.15, 0.2) is 12.1 Å². The van der Waals surface area contributed by atoms with E-state index in [1.54, 1.807) is 13.8 Å². The van der Waals surface area contributed by atoms with Crippen molar-refractivity contribution in [2.24, 2.45) is 0 Å². The van der Waals surface area contributed by atoms with Gasteiger partial charge in [-0.05, 0) is 13.8 Å². The van der Waals surface area contributed by atoms with Gasteiger partial charge in [0.05, 0.1) is 25.4 Å². The molecule has 0 amide bonds. The molecule has 2 rings (SSSR count). The van der Waals surface area contributed by atoms with Crippen LogP contribution in [-0.2, 0) is 57.1 Å². The Kier molecular flexibility index (Phi) is 6.32. The highest BCUT2D eigenvalue weighted by atomic mass is 32.2. The lowest BCUT2D eigenvalue weighted by Crippen LogP contribution is -2.47. The molecule has 0 aromatic rings. The summed E-state index contributed by atoms with van der Waals surface area (Å²) in [6, 6.07) is 0. The molecule has 0 unspecified atom stereocenters. The van der Waals surface area contributed by atoms with Crippen molar-refractivity contribution in [3.8, 4) is 0 Å². The maximum atomic E-state index is 11.6. The Morgan fingerprint density at radius 1 is 0.926 bits per heavy atom. The fourth-order valence-corrected chi connectivity index (χ4v) is 4.33. The standard InChI is InChI=1S/C12H22O12S3/c1-12(2)21-10-9(24-27(5,17)18)8(20-11(10)22-12)7(23-26(4,15)16)6-19-25(3,13)14/h7-11H,6H2,1-5H3/t7-,8-,9+,10-,11-/m1/s1. The first kappa shape index (κ1) is 22.9. The van der Waals surface area contributed by atoms with Gasteiger partial charge in [0.2, 0.25) is 0 Å². The summed E-state index contributed by atoms with van der Waals surface area (Å²) in [4.78, 5) is 0. The second-order valence-corrected chi connectivity index (χ2v) is 11.5. The number of hydrogen-bond donors (Lipinski definition) is 0. The maximum Gasteiger partial charge on any atom is 0.264 e. The van der Waals surface area contributed by atoms with Crippen LogP contribution in [0.1, 0.15) is 13.8 Å². The molecule has 0 aromatic heterocycles. The molecule has 0 aliphatic carbocycles. The highest BCUT2D eigenvalue weighted by Crippen LogP contribution is 2.40. The molecule has 0 radical (unpaired) electrons. The van der Waals surface area contributed by atoms with Gasteiger partial charge in [-0.15, -0.1) is 0 Å². The van der Waals surface area contributed by atoms with Crippen molar-refractivity contribution >= 4 is 30.4 Å². The molecule has 2 saturated heterocycles. The zero-order valence-electron chi connectivity index (χ0n) is 15.2. The molecule has 5 atom stereocenters. The first-order chi connectivity index (χ1) is 12.0. The minimum atomic E-state index is -4.08. The molecule has 2 fully saturated rings. The van der Waals surface area contributed by atoms with E-state index in [0.717, 1.165) is 18.8 Å². The van der Waals surface area contributed by atoms with Crippen molar-refractivity contribution in [3.63, 3.8) is 0 Å². The molecule has 27 heavy (non-hydrogen) atoms. The molecule has 0 spiro atoms. The van der Waals surface area contributed by atoms with Crippen molar-refractivity contribution in [2.45, 2.75) is 50.3 Å². The normalized spacial score (nSPS) is 32.3. The third-order valence-electron chi connectivity index (χ3n) is 3.42. The van der Waals surface area contributed by atoms with Gasteiger partial charge in [0, 0.05) is 0 Å². The van der Waals surface area contributed by atoms with E-state index in [2.05, 4.69) is 4.18 Å². The predicted octanol–water partition coefficient (Wildman–Crippen LogP) is -1.47. The van der Waals surface area contributed by atoms with Gasteiger partial charge >= 0.3 is 0 Å². The Morgan fingerprint density at radius 2 is 1.52 bits per heavy atom. The van der Waals surface area contributed by atoms with E-state index < -0.39 is 73.5 Å². The zero-order chi connectivity index (χ0) is 20.8. The molecule has 2 aliphatic rings. The number of rotatable bonds is 8. The van der Waals surface area contributed by atoms with Gasteiger partial charge in [0.25, 0.3) is 30.4 Å². The molecule has 0 N–H and O–H groups in total. The summed E-state index contributed by atoms with van der Waals surface area (Å²) in [5.74, 6) is -1.10. The first-order valence-electron chi connectivity index (χ1n) is 7.58. The predicted molar refractivity (Wildman–Crippen MR) is 88.9 cm³/mol. The van der Waals surface area contributed by atoms with Crippen molar-refractivity contribution in [2.75, 3.05) is 25.4 Å². The summed E-state index contributed by atoms with van der Waals surface area (Å²) >= 11 is 0. The van der Waals surface area contributed by atoms with E-state index in [4.69, 9.17) is 22.6 Å². The second kappa shape index (κ2) is 7.46. The fraction of sp³-hybridized carbons (Fsp3) is 1.00. The van der Waals surface area contributed by atoms with Crippen molar-refractivity contribution in [1.29, 1.82) is 0 Å². The van der Waals surface area contributed by atoms with Crippen LogP contribution in [0.15, 0.2) is 0 Å². The van der Waals surface area contributed by atoms with E-state index in [1.807, 2.05) is 0 Å². The lowest BCUT2D eigenvalue weighted by molar-refractivity contribution is -0.222. The lowest BCUT2D eigenvalue weighted by Gasteiger charge is -2.29. The molecule has 15 heteroatoms. The van der Waals surface area contributed by atoms with Crippen LogP contribution in [0, 0.1) is 0 Å². The van der Waals surface area contributed by atoms with Crippen molar-refractivity contribution in [3.05, 3.63) is 0 Å². The first-order valence-corrected chi connectivity index (χ1v) is 13.0. The molecule has 0 aromatic carbocycles. The Morgan fingerprint density at radius 3 is 2.00 bits per heavy atom. The summed E-state index contributed by atoms with van der Waals surface area (Å²) in [6.07, 6.45) is -4.10. The molecular weight excluding hydrogens is 432 g/mol. The second-order valence-electron chi connectivity index (χ2n) is 6.66. The van der Waals surface area contributed by atoms with Gasteiger partial charge in [0.1, 0.15) is 24.4 Å². The third kappa shape index (κ3) is 6.86. The molecule has 0 bridgehead atoms. The zero-order valence-corrected chi connectivity index (χ0v) is 17.7. The number of hydrogen-bond acceptors (Lipinski definition) is 12. The SMILES string of the molecule is CC1(C)O[C@H]2O[C@H]([C@@H](COS(C)(=O)=O)OS(C)(=O)=O)[C@H](OS(C)(=O)=O)[C@H]2O1. The van der Waals surface area contributed by atoms with E-state index in [1.165, 1.54) is 0 Å². The largest absolute Gasteiger partial charge is 0.341 e. The Labute approximate surface area is 158 Å². The summed E-state index contributed by atoms with van der Waals surface area (Å²) in [6.45, 7) is 2.37. The lowest BCUT2D eigenvalue weighted by atomic mass is 10.1. The van der Waals surface area contributed by atoms with E-state index >= 15 is 0 Å². The van der Waals surface area contributed by atoms with E-state index in [0.29, 0.717) is 0 Å². The molecular formula is C12H22O12S3. The Balaban J connectivity index is 2.33. The average molecular weight is 454 g/mol. The third-order valence-corrected chi connectivity index (χ3v) is 5.16. The van der Waals surface area contributed by atoms with Crippen molar-refractivity contribution in [1.82, 2.24) is 0 Å². The Hall–Kier alpha value is -0.390. The highest BCUT2D eigenvalue weighted by Gasteiger charge is 2.59. The molecule has 0 saturated carbocycles. The van der Waals surface area contributed by atoms with E-state index in [-0.39, 0.29) is 0 Å². The summed E-state index contributed by atoms with van der Waals surface area (Å²) in [7, 11) is -12.0. The molecule has 2 heterocycles. The summed E-state index contributed by atoms with van der Waals surface area (Å²) < 4.78 is 100. The monoisotopic (exact) mass is 454 g/mol. The van der Waals surface area contributed by atoms with Gasteiger partial charge in [-0.3, -0.25) is 12.5 Å². The van der Waals surface area contributed by atoms with Crippen LogP contribution >= 0.6 is 0 Å². The van der Waals surface area contributed by atoms with Gasteiger partial charge in [-0.1, -0.05) is 0 Å². The summed E-state index contributed by atoms with van der Waals surface area (Å²) in [5.41, 5.74) is 0. The average Bonchev–Trinajstić information content (AvgIpc) is 2.84. The van der Waals surface area contributed by atoms with Crippen LogP contribution in [0.25, 0.3) is 0 Å². The van der Waals surface area contributed by atoms with Crippen LogP contribution in [0.5, 0.6) is 0 Å². The smallest absolute Gasteiger partial charge is 0.264 e. The van der Waals surface area contributed by atoms with Crippen LogP contribution in [-0.4, -0.2) is 87.1 Å². The minimum absolute atomic E-state index is 0.735.